The first-order valence-electron chi connectivity index (χ1n) is 4.09. The van der Waals surface area contributed by atoms with Crippen molar-refractivity contribution in [3.8, 4) is 0 Å². The summed E-state index contributed by atoms with van der Waals surface area (Å²) in [5.74, 6) is -0.265. The maximum absolute atomic E-state index is 11.2. The van der Waals surface area contributed by atoms with E-state index in [0.29, 0.717) is 19.4 Å². The molecule has 0 aromatic rings. The molecular weight excluding hydrogens is 158 g/mol. The first-order valence-corrected chi connectivity index (χ1v) is 4.09. The molecule has 1 atom stereocenters. The van der Waals surface area contributed by atoms with Gasteiger partial charge in [-0.15, -0.1) is 0 Å². The number of amides is 1. The van der Waals surface area contributed by atoms with Crippen LogP contribution < -0.4 is 0 Å². The van der Waals surface area contributed by atoms with Crippen LogP contribution in [0.25, 0.3) is 0 Å². The van der Waals surface area contributed by atoms with Crippen LogP contribution in [0.15, 0.2) is 0 Å². The predicted octanol–water partition coefficient (Wildman–Crippen LogP) is 0.170. The van der Waals surface area contributed by atoms with Crippen LogP contribution in [-0.2, 0) is 14.3 Å². The molecule has 4 nitrogen and oxygen atoms in total. The average Bonchev–Trinajstić information content (AvgIpc) is 2.34. The van der Waals surface area contributed by atoms with Gasteiger partial charge in [0.1, 0.15) is 6.04 Å². The van der Waals surface area contributed by atoms with Gasteiger partial charge in [0.05, 0.1) is 6.61 Å². The molecule has 0 unspecified atom stereocenters. The van der Waals surface area contributed by atoms with E-state index >= 15 is 0 Å². The van der Waals surface area contributed by atoms with Gasteiger partial charge in [-0.1, -0.05) is 0 Å². The quantitative estimate of drug-likeness (QED) is 0.556. The van der Waals surface area contributed by atoms with Crippen molar-refractivity contribution in [1.29, 1.82) is 0 Å². The fourth-order valence-electron chi connectivity index (χ4n) is 1.32. The molecule has 1 fully saturated rings. The number of likely N-dealkylation sites (N-methyl/N-ethyl adjacent to an activating group) is 1. The zero-order valence-corrected chi connectivity index (χ0v) is 7.37. The Hall–Kier alpha value is -1.06. The zero-order chi connectivity index (χ0) is 9.14. The zero-order valence-electron chi connectivity index (χ0n) is 7.37. The summed E-state index contributed by atoms with van der Waals surface area (Å²) in [7, 11) is 1.64. The van der Waals surface area contributed by atoms with E-state index in [9.17, 15) is 9.59 Å². The maximum Gasteiger partial charge on any atom is 0.328 e. The fraction of sp³-hybridized carbons (Fsp3) is 0.750. The van der Waals surface area contributed by atoms with Crippen molar-refractivity contribution in [3.63, 3.8) is 0 Å². The molecule has 1 aliphatic rings. The molecule has 68 valence electrons. The van der Waals surface area contributed by atoms with Crippen LogP contribution in [0.4, 0.5) is 0 Å². The monoisotopic (exact) mass is 171 g/mol. The SMILES string of the molecule is CCOC(=O)[C@@H]1CCC(=O)N1C. The van der Waals surface area contributed by atoms with Gasteiger partial charge < -0.3 is 9.64 Å². The lowest BCUT2D eigenvalue weighted by Gasteiger charge is -2.17. The van der Waals surface area contributed by atoms with Crippen molar-refractivity contribution >= 4 is 11.9 Å². The number of ether oxygens (including phenoxy) is 1. The van der Waals surface area contributed by atoms with E-state index in [1.54, 1.807) is 14.0 Å². The number of likely N-dealkylation sites (tertiary alicyclic amines) is 1. The molecule has 4 heteroatoms. The molecule has 0 N–H and O–H groups in total. The normalized spacial score (nSPS) is 23.0. The Morgan fingerprint density at radius 1 is 1.75 bits per heavy atom. The number of rotatable bonds is 2. The Morgan fingerprint density at radius 3 is 2.83 bits per heavy atom. The Bertz CT molecular complexity index is 202. The van der Waals surface area contributed by atoms with E-state index < -0.39 is 0 Å². The highest BCUT2D eigenvalue weighted by Gasteiger charge is 2.33. The minimum Gasteiger partial charge on any atom is -0.464 e. The standard InChI is InChI=1S/C8H13NO3/c1-3-12-8(11)6-4-5-7(10)9(6)2/h6H,3-5H2,1-2H3/t6-/m0/s1. The summed E-state index contributed by atoms with van der Waals surface area (Å²) in [6, 6.07) is -0.350. The molecule has 0 bridgehead atoms. The summed E-state index contributed by atoms with van der Waals surface area (Å²) >= 11 is 0. The van der Waals surface area contributed by atoms with E-state index in [2.05, 4.69) is 0 Å². The molecule has 1 aliphatic heterocycles. The van der Waals surface area contributed by atoms with Crippen LogP contribution in [0.2, 0.25) is 0 Å². The van der Waals surface area contributed by atoms with Gasteiger partial charge in [-0.2, -0.15) is 0 Å². The molecule has 0 radical (unpaired) electrons. The van der Waals surface area contributed by atoms with E-state index in [1.165, 1.54) is 4.90 Å². The van der Waals surface area contributed by atoms with Crippen LogP contribution in [0.3, 0.4) is 0 Å². The van der Waals surface area contributed by atoms with Gasteiger partial charge in [-0.25, -0.2) is 4.79 Å². The van der Waals surface area contributed by atoms with Gasteiger partial charge in [0.15, 0.2) is 0 Å². The van der Waals surface area contributed by atoms with E-state index in [4.69, 9.17) is 4.74 Å². The van der Waals surface area contributed by atoms with Gasteiger partial charge in [-0.05, 0) is 13.3 Å². The molecule has 1 saturated heterocycles. The summed E-state index contributed by atoms with van der Waals surface area (Å²) in [6.07, 6.45) is 1.05. The van der Waals surface area contributed by atoms with E-state index in [1.807, 2.05) is 0 Å². The molecule has 0 aromatic carbocycles. The van der Waals surface area contributed by atoms with E-state index in [0.717, 1.165) is 0 Å². The van der Waals surface area contributed by atoms with Crippen LogP contribution >= 0.6 is 0 Å². The lowest BCUT2D eigenvalue weighted by molar-refractivity contribution is -0.150. The van der Waals surface area contributed by atoms with Crippen molar-refractivity contribution < 1.29 is 14.3 Å². The number of hydrogen-bond donors (Lipinski definition) is 0. The predicted molar refractivity (Wildman–Crippen MR) is 42.4 cm³/mol. The molecule has 0 spiro atoms. The number of nitrogens with zero attached hydrogens (tertiary/aromatic N) is 1. The van der Waals surface area contributed by atoms with Gasteiger partial charge in [0, 0.05) is 13.5 Å². The van der Waals surface area contributed by atoms with Gasteiger partial charge in [0.2, 0.25) is 5.91 Å². The minimum absolute atomic E-state index is 0.0213. The van der Waals surface area contributed by atoms with Crippen molar-refractivity contribution in [2.24, 2.45) is 0 Å². The summed E-state index contributed by atoms with van der Waals surface area (Å²) in [6.45, 7) is 2.13. The molecule has 1 rings (SSSR count). The Labute approximate surface area is 71.5 Å². The van der Waals surface area contributed by atoms with Crippen molar-refractivity contribution in [3.05, 3.63) is 0 Å². The van der Waals surface area contributed by atoms with Crippen molar-refractivity contribution in [1.82, 2.24) is 4.90 Å². The van der Waals surface area contributed by atoms with Gasteiger partial charge in [-0.3, -0.25) is 4.79 Å². The minimum atomic E-state index is -0.350. The van der Waals surface area contributed by atoms with Gasteiger partial charge >= 0.3 is 5.97 Å². The third kappa shape index (κ3) is 1.57. The highest BCUT2D eigenvalue weighted by Crippen LogP contribution is 2.17. The molecule has 12 heavy (non-hydrogen) atoms. The molecule has 1 amide bonds. The molecule has 1 heterocycles. The summed E-state index contributed by atoms with van der Waals surface area (Å²) < 4.78 is 4.81. The van der Waals surface area contributed by atoms with Crippen LogP contribution in [0.5, 0.6) is 0 Å². The lowest BCUT2D eigenvalue weighted by atomic mass is 10.2. The highest BCUT2D eigenvalue weighted by molar-refractivity contribution is 5.87. The van der Waals surface area contributed by atoms with Crippen molar-refractivity contribution in [2.45, 2.75) is 25.8 Å². The first kappa shape index (κ1) is 9.03. The Balaban J connectivity index is 2.53. The smallest absolute Gasteiger partial charge is 0.328 e. The highest BCUT2D eigenvalue weighted by atomic mass is 16.5. The lowest BCUT2D eigenvalue weighted by Crippen LogP contribution is -2.36. The van der Waals surface area contributed by atoms with Gasteiger partial charge in [0.25, 0.3) is 0 Å². The number of carbonyl (C=O) groups is 2. The molecule has 0 aliphatic carbocycles. The second-order valence-electron chi connectivity index (χ2n) is 2.81. The molecule has 0 aromatic heterocycles. The Morgan fingerprint density at radius 2 is 2.42 bits per heavy atom. The van der Waals surface area contributed by atoms with Crippen LogP contribution in [0, 0.1) is 0 Å². The summed E-state index contributed by atoms with van der Waals surface area (Å²) in [5, 5.41) is 0. The molecular formula is C8H13NO3. The summed E-state index contributed by atoms with van der Waals surface area (Å²) in [4.78, 5) is 23.7. The number of hydrogen-bond acceptors (Lipinski definition) is 3. The van der Waals surface area contributed by atoms with Crippen LogP contribution in [-0.4, -0.2) is 36.5 Å². The third-order valence-corrected chi connectivity index (χ3v) is 2.05. The number of esters is 1. The van der Waals surface area contributed by atoms with Crippen molar-refractivity contribution in [2.75, 3.05) is 13.7 Å². The average molecular weight is 171 g/mol. The largest absolute Gasteiger partial charge is 0.464 e. The van der Waals surface area contributed by atoms with E-state index in [-0.39, 0.29) is 17.9 Å². The second-order valence-corrected chi connectivity index (χ2v) is 2.81. The fourth-order valence-corrected chi connectivity index (χ4v) is 1.32. The number of carbonyl (C=O) groups excluding carboxylic acids is 2. The second kappa shape index (κ2) is 3.56. The topological polar surface area (TPSA) is 46.6 Å². The molecule has 0 saturated carbocycles. The third-order valence-electron chi connectivity index (χ3n) is 2.05. The van der Waals surface area contributed by atoms with Crippen LogP contribution in [0.1, 0.15) is 19.8 Å². The maximum atomic E-state index is 11.2. The Kier molecular flexibility index (Phi) is 2.68. The first-order chi connectivity index (χ1) is 5.66. The summed E-state index contributed by atoms with van der Waals surface area (Å²) in [5.41, 5.74) is 0.